The third-order valence-electron chi connectivity index (χ3n) is 4.51. The van der Waals surface area contributed by atoms with Gasteiger partial charge in [0.1, 0.15) is 11.4 Å². The zero-order valence-corrected chi connectivity index (χ0v) is 11.2. The van der Waals surface area contributed by atoms with E-state index in [4.69, 9.17) is 0 Å². The molecule has 100 valence electrons. The first kappa shape index (κ1) is 12.2. The fourth-order valence-electron chi connectivity index (χ4n) is 3.65. The van der Waals surface area contributed by atoms with Gasteiger partial charge in [0.15, 0.2) is 0 Å². The van der Waals surface area contributed by atoms with Crippen LogP contribution in [0.2, 0.25) is 0 Å². The molecular weight excluding hydrogens is 226 g/mol. The molecule has 3 heterocycles. The summed E-state index contributed by atoms with van der Waals surface area (Å²) in [6, 6.07) is 0.282. The predicted molar refractivity (Wildman–Crippen MR) is 70.2 cm³/mol. The summed E-state index contributed by atoms with van der Waals surface area (Å²) in [7, 11) is 0. The van der Waals surface area contributed by atoms with Crippen molar-refractivity contribution in [1.29, 1.82) is 0 Å². The van der Waals surface area contributed by atoms with E-state index >= 15 is 0 Å². The molecule has 2 saturated heterocycles. The van der Waals surface area contributed by atoms with Gasteiger partial charge in [0.25, 0.3) is 0 Å². The van der Waals surface area contributed by atoms with E-state index in [9.17, 15) is 5.11 Å². The SMILES string of the molecule is CCCn1ccnc1C1(O)CCN2CCCCC21. The van der Waals surface area contributed by atoms with Crippen molar-refractivity contribution in [3.8, 4) is 0 Å². The largest absolute Gasteiger partial charge is 0.380 e. The summed E-state index contributed by atoms with van der Waals surface area (Å²) in [6.07, 6.45) is 9.35. The molecule has 2 unspecified atom stereocenters. The number of aromatic nitrogens is 2. The minimum Gasteiger partial charge on any atom is -0.380 e. The Morgan fingerprint density at radius 1 is 1.44 bits per heavy atom. The van der Waals surface area contributed by atoms with E-state index in [1.165, 1.54) is 12.8 Å². The summed E-state index contributed by atoms with van der Waals surface area (Å²) in [5.74, 6) is 0.888. The maximum Gasteiger partial charge on any atom is 0.142 e. The van der Waals surface area contributed by atoms with E-state index in [-0.39, 0.29) is 6.04 Å². The van der Waals surface area contributed by atoms with Crippen LogP contribution in [-0.4, -0.2) is 38.7 Å². The van der Waals surface area contributed by atoms with Crippen LogP contribution >= 0.6 is 0 Å². The van der Waals surface area contributed by atoms with Gasteiger partial charge in [0.05, 0.1) is 0 Å². The standard InChI is InChI=1S/C14H23N3O/c1-2-8-17-11-7-15-13(17)14(18)6-10-16-9-4-3-5-12(14)16/h7,11-12,18H,2-6,8-10H2,1H3. The Morgan fingerprint density at radius 3 is 3.17 bits per heavy atom. The van der Waals surface area contributed by atoms with Crippen LogP contribution in [0, 0.1) is 0 Å². The lowest BCUT2D eigenvalue weighted by Crippen LogP contribution is -2.46. The van der Waals surface area contributed by atoms with Gasteiger partial charge in [0.2, 0.25) is 0 Å². The lowest BCUT2D eigenvalue weighted by atomic mass is 9.88. The second-order valence-electron chi connectivity index (χ2n) is 5.67. The highest BCUT2D eigenvalue weighted by Gasteiger charge is 2.50. The number of hydrogen-bond donors (Lipinski definition) is 1. The Morgan fingerprint density at radius 2 is 2.33 bits per heavy atom. The van der Waals surface area contributed by atoms with Crippen molar-refractivity contribution in [2.75, 3.05) is 13.1 Å². The summed E-state index contributed by atoms with van der Waals surface area (Å²) in [5.41, 5.74) is -0.723. The molecule has 2 aliphatic rings. The molecule has 0 spiro atoms. The third-order valence-corrected chi connectivity index (χ3v) is 4.51. The monoisotopic (exact) mass is 249 g/mol. The van der Waals surface area contributed by atoms with Crippen LogP contribution in [0.15, 0.2) is 12.4 Å². The van der Waals surface area contributed by atoms with Crippen LogP contribution < -0.4 is 0 Å². The Balaban J connectivity index is 1.91. The van der Waals surface area contributed by atoms with Gasteiger partial charge >= 0.3 is 0 Å². The number of fused-ring (bicyclic) bond motifs is 1. The number of piperidine rings is 1. The Kier molecular flexibility index (Phi) is 3.16. The van der Waals surface area contributed by atoms with Crippen molar-refractivity contribution in [1.82, 2.24) is 14.5 Å². The van der Waals surface area contributed by atoms with Gasteiger partial charge in [-0.1, -0.05) is 13.3 Å². The molecule has 18 heavy (non-hydrogen) atoms. The molecule has 0 aliphatic carbocycles. The van der Waals surface area contributed by atoms with Crippen molar-refractivity contribution < 1.29 is 5.11 Å². The average molecular weight is 249 g/mol. The van der Waals surface area contributed by atoms with Crippen molar-refractivity contribution >= 4 is 0 Å². The lowest BCUT2D eigenvalue weighted by molar-refractivity contribution is -0.0236. The van der Waals surface area contributed by atoms with Gasteiger partial charge in [-0.25, -0.2) is 4.98 Å². The normalized spacial score (nSPS) is 32.7. The minimum absolute atomic E-state index is 0.282. The number of hydrogen-bond acceptors (Lipinski definition) is 3. The summed E-state index contributed by atoms with van der Waals surface area (Å²) in [4.78, 5) is 6.92. The Bertz CT molecular complexity index is 417. The van der Waals surface area contributed by atoms with E-state index in [0.29, 0.717) is 0 Å². The van der Waals surface area contributed by atoms with E-state index in [1.54, 1.807) is 0 Å². The van der Waals surface area contributed by atoms with E-state index in [0.717, 1.165) is 44.7 Å². The molecule has 0 saturated carbocycles. The average Bonchev–Trinajstić information content (AvgIpc) is 2.97. The van der Waals surface area contributed by atoms with Crippen LogP contribution in [0.25, 0.3) is 0 Å². The van der Waals surface area contributed by atoms with Gasteiger partial charge in [-0.15, -0.1) is 0 Å². The molecule has 2 fully saturated rings. The summed E-state index contributed by atoms with van der Waals surface area (Å²) >= 11 is 0. The molecule has 0 bridgehead atoms. The first-order valence-electron chi connectivity index (χ1n) is 7.24. The summed E-state index contributed by atoms with van der Waals surface area (Å²) in [6.45, 7) is 5.27. The highest BCUT2D eigenvalue weighted by atomic mass is 16.3. The van der Waals surface area contributed by atoms with Gasteiger partial charge in [-0.05, 0) is 32.2 Å². The van der Waals surface area contributed by atoms with E-state index < -0.39 is 5.60 Å². The van der Waals surface area contributed by atoms with Crippen LogP contribution in [0.5, 0.6) is 0 Å². The number of imidazole rings is 1. The van der Waals surface area contributed by atoms with E-state index in [2.05, 4.69) is 21.4 Å². The van der Waals surface area contributed by atoms with Gasteiger partial charge in [-0.2, -0.15) is 0 Å². The zero-order chi connectivity index (χ0) is 12.6. The van der Waals surface area contributed by atoms with Crippen LogP contribution in [0.4, 0.5) is 0 Å². The van der Waals surface area contributed by atoms with E-state index in [1.807, 2.05) is 12.4 Å². The Hall–Kier alpha value is -0.870. The van der Waals surface area contributed by atoms with Gasteiger partial charge < -0.3 is 9.67 Å². The summed E-state index contributed by atoms with van der Waals surface area (Å²) < 4.78 is 2.14. The second-order valence-corrected chi connectivity index (χ2v) is 5.67. The number of aryl methyl sites for hydroxylation is 1. The van der Waals surface area contributed by atoms with Gasteiger partial charge in [-0.3, -0.25) is 4.90 Å². The highest BCUT2D eigenvalue weighted by Crippen LogP contribution is 2.41. The molecule has 1 aromatic rings. The molecule has 0 amide bonds. The molecule has 3 rings (SSSR count). The van der Waals surface area contributed by atoms with Gasteiger partial charge in [0, 0.05) is 31.5 Å². The molecule has 4 nitrogen and oxygen atoms in total. The van der Waals surface area contributed by atoms with Crippen molar-refractivity contribution in [2.45, 2.75) is 57.2 Å². The number of nitrogens with zero attached hydrogens (tertiary/aromatic N) is 3. The maximum atomic E-state index is 11.1. The van der Waals surface area contributed by atoms with Crippen molar-refractivity contribution in [3.05, 3.63) is 18.2 Å². The van der Waals surface area contributed by atoms with Crippen LogP contribution in [-0.2, 0) is 12.1 Å². The molecular formula is C14H23N3O. The topological polar surface area (TPSA) is 41.3 Å². The molecule has 1 aromatic heterocycles. The first-order valence-corrected chi connectivity index (χ1v) is 7.24. The molecule has 4 heteroatoms. The predicted octanol–water partition coefficient (Wildman–Crippen LogP) is 1.74. The number of rotatable bonds is 3. The molecule has 0 aromatic carbocycles. The second kappa shape index (κ2) is 4.67. The summed E-state index contributed by atoms with van der Waals surface area (Å²) in [5, 5.41) is 11.1. The fourth-order valence-corrected chi connectivity index (χ4v) is 3.65. The van der Waals surface area contributed by atoms with Crippen molar-refractivity contribution in [3.63, 3.8) is 0 Å². The molecule has 2 atom stereocenters. The molecule has 0 radical (unpaired) electrons. The Labute approximate surface area is 109 Å². The first-order chi connectivity index (χ1) is 8.75. The zero-order valence-electron chi connectivity index (χ0n) is 11.2. The minimum atomic E-state index is -0.723. The fraction of sp³-hybridized carbons (Fsp3) is 0.786. The smallest absolute Gasteiger partial charge is 0.142 e. The molecule has 2 aliphatic heterocycles. The quantitative estimate of drug-likeness (QED) is 0.887. The van der Waals surface area contributed by atoms with Crippen molar-refractivity contribution in [2.24, 2.45) is 0 Å². The maximum absolute atomic E-state index is 11.1. The van der Waals surface area contributed by atoms with Crippen LogP contribution in [0.3, 0.4) is 0 Å². The number of aliphatic hydroxyl groups is 1. The lowest BCUT2D eigenvalue weighted by Gasteiger charge is -2.37. The third kappa shape index (κ3) is 1.79. The highest BCUT2D eigenvalue weighted by molar-refractivity contribution is 5.14. The molecule has 1 N–H and O–H groups in total. The van der Waals surface area contributed by atoms with Crippen LogP contribution in [0.1, 0.15) is 44.9 Å².